The second-order valence-corrected chi connectivity index (χ2v) is 7.24. The summed E-state index contributed by atoms with van der Waals surface area (Å²) in [5, 5.41) is 9.39. The van der Waals surface area contributed by atoms with Gasteiger partial charge in [0.25, 0.3) is 0 Å². The van der Waals surface area contributed by atoms with Gasteiger partial charge in [0.15, 0.2) is 9.84 Å². The Bertz CT molecular complexity index is 453. The van der Waals surface area contributed by atoms with Gasteiger partial charge in [0.1, 0.15) is 5.75 Å². The first kappa shape index (κ1) is 10.8. The molecule has 0 aliphatic carbocycles. The highest BCUT2D eigenvalue weighted by atomic mass is 32.2. The van der Waals surface area contributed by atoms with Gasteiger partial charge in [-0.1, -0.05) is 6.07 Å². The number of sulfone groups is 1. The van der Waals surface area contributed by atoms with Crippen LogP contribution in [0.2, 0.25) is 0 Å². The minimum Gasteiger partial charge on any atom is -0.508 e. The topological polar surface area (TPSA) is 54.4 Å². The molecule has 0 saturated carbocycles. The summed E-state index contributed by atoms with van der Waals surface area (Å²) in [6, 6.07) is 6.92. The molecule has 0 aromatic heterocycles. The predicted molar refractivity (Wildman–Crippen MR) is 61.0 cm³/mol. The third-order valence-corrected chi connectivity index (χ3v) is 5.55. The molecular weight excluding hydrogens is 232 g/mol. The predicted octanol–water partition coefficient (Wildman–Crippen LogP) is 1.67. The van der Waals surface area contributed by atoms with E-state index in [1.54, 1.807) is 18.2 Å². The maximum atomic E-state index is 11.2. The molecule has 1 heterocycles. The molecule has 1 aliphatic heterocycles. The van der Waals surface area contributed by atoms with Crippen molar-refractivity contribution < 1.29 is 13.5 Å². The van der Waals surface area contributed by atoms with Gasteiger partial charge < -0.3 is 5.11 Å². The van der Waals surface area contributed by atoms with Crippen molar-refractivity contribution in [1.29, 1.82) is 0 Å². The maximum absolute atomic E-state index is 11.2. The van der Waals surface area contributed by atoms with E-state index in [9.17, 15) is 13.5 Å². The fraction of sp³-hybridized carbons (Fsp3) is 0.400. The first-order chi connectivity index (χ1) is 7.05. The van der Waals surface area contributed by atoms with E-state index in [0.29, 0.717) is 12.2 Å². The van der Waals surface area contributed by atoms with Gasteiger partial charge in [-0.15, -0.1) is 11.8 Å². The van der Waals surface area contributed by atoms with Crippen molar-refractivity contribution in [3.05, 3.63) is 24.3 Å². The number of hydrogen-bond donors (Lipinski definition) is 1. The van der Waals surface area contributed by atoms with Crippen LogP contribution in [-0.4, -0.2) is 30.3 Å². The van der Waals surface area contributed by atoms with Crippen LogP contribution in [0.3, 0.4) is 0 Å². The fourth-order valence-corrected chi connectivity index (χ4v) is 5.16. The number of aromatic hydroxyl groups is 1. The zero-order valence-corrected chi connectivity index (χ0v) is 9.72. The third-order valence-electron chi connectivity index (χ3n) is 2.31. The van der Waals surface area contributed by atoms with Gasteiger partial charge in [0.2, 0.25) is 0 Å². The van der Waals surface area contributed by atoms with E-state index in [0.717, 1.165) is 4.90 Å². The average Bonchev–Trinajstić information content (AvgIpc) is 2.45. The van der Waals surface area contributed by atoms with Gasteiger partial charge in [-0.2, -0.15) is 0 Å². The molecule has 0 spiro atoms. The van der Waals surface area contributed by atoms with E-state index in [2.05, 4.69) is 0 Å². The number of phenols is 1. The quantitative estimate of drug-likeness (QED) is 0.860. The molecule has 15 heavy (non-hydrogen) atoms. The van der Waals surface area contributed by atoms with Gasteiger partial charge in [0, 0.05) is 10.1 Å². The lowest BCUT2D eigenvalue weighted by Crippen LogP contribution is -2.05. The molecule has 82 valence electrons. The molecule has 1 fully saturated rings. The molecule has 1 unspecified atom stereocenters. The summed E-state index contributed by atoms with van der Waals surface area (Å²) in [6.45, 7) is 0. The number of phenolic OH excluding ortho intramolecular Hbond substituents is 1. The van der Waals surface area contributed by atoms with E-state index in [4.69, 9.17) is 0 Å². The Kier molecular flexibility index (Phi) is 2.93. The normalized spacial score (nSPS) is 24.1. The van der Waals surface area contributed by atoms with Crippen LogP contribution in [0, 0.1) is 0 Å². The van der Waals surface area contributed by atoms with Crippen molar-refractivity contribution in [3.8, 4) is 5.75 Å². The fourth-order valence-electron chi connectivity index (χ4n) is 1.60. The van der Waals surface area contributed by atoms with Gasteiger partial charge in [0.05, 0.1) is 11.5 Å². The first-order valence-corrected chi connectivity index (χ1v) is 7.41. The summed E-state index contributed by atoms with van der Waals surface area (Å²) < 4.78 is 22.5. The van der Waals surface area contributed by atoms with Crippen molar-refractivity contribution in [1.82, 2.24) is 0 Å². The lowest BCUT2D eigenvalue weighted by atomic mass is 10.3. The second kappa shape index (κ2) is 4.06. The maximum Gasteiger partial charge on any atom is 0.151 e. The van der Waals surface area contributed by atoms with Crippen molar-refractivity contribution >= 4 is 21.6 Å². The Balaban J connectivity index is 2.05. The smallest absolute Gasteiger partial charge is 0.151 e. The molecule has 1 saturated heterocycles. The molecule has 0 amide bonds. The molecule has 0 radical (unpaired) electrons. The minimum atomic E-state index is -2.81. The Morgan fingerprint density at radius 3 is 2.80 bits per heavy atom. The molecule has 0 bridgehead atoms. The lowest BCUT2D eigenvalue weighted by Gasteiger charge is -2.06. The van der Waals surface area contributed by atoms with E-state index < -0.39 is 9.84 Å². The summed E-state index contributed by atoms with van der Waals surface area (Å²) in [5.74, 6) is 0.775. The van der Waals surface area contributed by atoms with Crippen LogP contribution >= 0.6 is 11.8 Å². The number of rotatable bonds is 2. The monoisotopic (exact) mass is 244 g/mol. The molecule has 5 heteroatoms. The lowest BCUT2D eigenvalue weighted by molar-refractivity contribution is 0.474. The second-order valence-electron chi connectivity index (χ2n) is 3.64. The summed E-state index contributed by atoms with van der Waals surface area (Å²) >= 11 is 1.53. The average molecular weight is 244 g/mol. The van der Waals surface area contributed by atoms with Gasteiger partial charge in [-0.05, 0) is 24.6 Å². The molecule has 1 aliphatic rings. The zero-order valence-electron chi connectivity index (χ0n) is 8.09. The van der Waals surface area contributed by atoms with Crippen LogP contribution in [-0.2, 0) is 9.84 Å². The molecule has 2 rings (SSSR count). The van der Waals surface area contributed by atoms with Crippen molar-refractivity contribution in [2.45, 2.75) is 16.6 Å². The standard InChI is InChI=1S/C10H12O3S2/c11-8-2-1-3-9(6-8)14-10-4-5-15(12,13)7-10/h1-3,6,10-11H,4-5,7H2. The van der Waals surface area contributed by atoms with E-state index in [1.807, 2.05) is 6.07 Å². The summed E-state index contributed by atoms with van der Waals surface area (Å²) in [6.07, 6.45) is 0.711. The van der Waals surface area contributed by atoms with Crippen molar-refractivity contribution in [2.75, 3.05) is 11.5 Å². The Morgan fingerprint density at radius 1 is 1.40 bits per heavy atom. The van der Waals surface area contributed by atoms with Gasteiger partial charge in [-0.3, -0.25) is 0 Å². The summed E-state index contributed by atoms with van der Waals surface area (Å²) in [7, 11) is -2.81. The van der Waals surface area contributed by atoms with Gasteiger partial charge >= 0.3 is 0 Å². The molecule has 1 N–H and O–H groups in total. The Hall–Kier alpha value is -0.680. The minimum absolute atomic E-state index is 0.136. The van der Waals surface area contributed by atoms with Crippen LogP contribution in [0.25, 0.3) is 0 Å². The van der Waals surface area contributed by atoms with Gasteiger partial charge in [-0.25, -0.2) is 8.42 Å². The van der Waals surface area contributed by atoms with Crippen LogP contribution in [0.4, 0.5) is 0 Å². The van der Waals surface area contributed by atoms with E-state index in [-0.39, 0.29) is 16.8 Å². The van der Waals surface area contributed by atoms with Crippen molar-refractivity contribution in [3.63, 3.8) is 0 Å². The Labute approximate surface area is 93.4 Å². The van der Waals surface area contributed by atoms with Crippen LogP contribution in [0.1, 0.15) is 6.42 Å². The van der Waals surface area contributed by atoms with Crippen LogP contribution < -0.4 is 0 Å². The SMILES string of the molecule is O=S1(=O)CCC(Sc2cccc(O)c2)C1. The first-order valence-electron chi connectivity index (χ1n) is 4.71. The highest BCUT2D eigenvalue weighted by Gasteiger charge is 2.28. The van der Waals surface area contributed by atoms with Crippen LogP contribution in [0.15, 0.2) is 29.2 Å². The summed E-state index contributed by atoms with van der Waals surface area (Å²) in [5.41, 5.74) is 0. The van der Waals surface area contributed by atoms with E-state index in [1.165, 1.54) is 11.8 Å². The number of hydrogen-bond acceptors (Lipinski definition) is 4. The summed E-state index contributed by atoms with van der Waals surface area (Å²) in [4.78, 5) is 0.928. The molecule has 3 nitrogen and oxygen atoms in total. The Morgan fingerprint density at radius 2 is 2.20 bits per heavy atom. The third kappa shape index (κ3) is 2.89. The number of thioether (sulfide) groups is 1. The highest BCUT2D eigenvalue weighted by molar-refractivity contribution is 8.01. The molecule has 1 atom stereocenters. The van der Waals surface area contributed by atoms with E-state index >= 15 is 0 Å². The van der Waals surface area contributed by atoms with Crippen molar-refractivity contribution in [2.24, 2.45) is 0 Å². The molecule has 1 aromatic rings. The highest BCUT2D eigenvalue weighted by Crippen LogP contribution is 2.32. The largest absolute Gasteiger partial charge is 0.508 e. The molecule has 1 aromatic carbocycles. The zero-order chi connectivity index (χ0) is 10.9. The molecular formula is C10H12O3S2. The van der Waals surface area contributed by atoms with Crippen LogP contribution in [0.5, 0.6) is 5.75 Å². The number of benzene rings is 1.